The number of hydrogen-bond donors (Lipinski definition) is 3. The van der Waals surface area contributed by atoms with Gasteiger partial charge in [0.1, 0.15) is 11.6 Å². The molecule has 2 amide bonds. The number of nitrogens with one attached hydrogen (secondary N) is 1. The van der Waals surface area contributed by atoms with Crippen LogP contribution in [-0.2, 0) is 6.54 Å². The minimum atomic E-state index is -1.03. The lowest BCUT2D eigenvalue weighted by Crippen LogP contribution is -2.55. The van der Waals surface area contributed by atoms with Gasteiger partial charge in [-0.1, -0.05) is 30.3 Å². The predicted molar refractivity (Wildman–Crippen MR) is 129 cm³/mol. The fourth-order valence-electron chi connectivity index (χ4n) is 4.71. The molecule has 1 fully saturated rings. The highest BCUT2D eigenvalue weighted by Gasteiger charge is 2.41. The summed E-state index contributed by atoms with van der Waals surface area (Å²) < 4.78 is 18.1. The van der Waals surface area contributed by atoms with Crippen molar-refractivity contribution < 1.29 is 24.1 Å². The van der Waals surface area contributed by atoms with Crippen LogP contribution in [0.1, 0.15) is 24.8 Å². The Kier molecular flexibility index (Phi) is 6.47. The molecule has 2 heterocycles. The molecule has 3 N–H and O–H groups in total. The topological polar surface area (TPSA) is 111 Å². The van der Waals surface area contributed by atoms with Crippen molar-refractivity contribution >= 4 is 29.2 Å². The van der Waals surface area contributed by atoms with Gasteiger partial charge < -0.3 is 20.3 Å². The van der Waals surface area contributed by atoms with Gasteiger partial charge in [-0.05, 0) is 43.5 Å². The Morgan fingerprint density at radius 2 is 1.74 bits per heavy atom. The fraction of sp³-hybridized carbons (Fsp3) is 0.320. The molecule has 35 heavy (non-hydrogen) atoms. The molecule has 0 radical (unpaired) electrons. The van der Waals surface area contributed by atoms with E-state index in [1.54, 1.807) is 30.5 Å². The standard InChI is InChI=1S/C25H26FN5O4/c26-15-35-22-9-5-4-8-21(22)30-14-16-13-27-24(28-17-6-2-1-3-7-17)29-23(16)31(25(30)34)18-10-19(32)12-20(33)11-18/h1-9,13,18-20,32-33H,10-12,14-15H2,(H,27,28,29). The third-order valence-corrected chi connectivity index (χ3v) is 6.23. The highest BCUT2D eigenvalue weighted by atomic mass is 19.1. The maximum Gasteiger partial charge on any atom is 0.330 e. The van der Waals surface area contributed by atoms with Crippen LogP contribution < -0.4 is 19.9 Å². The lowest BCUT2D eigenvalue weighted by Gasteiger charge is -2.43. The highest BCUT2D eigenvalue weighted by Crippen LogP contribution is 2.39. The molecule has 1 saturated carbocycles. The SMILES string of the molecule is O=C1N(c2ccccc2OCF)Cc2cnc(Nc3ccccc3)nc2N1C1CC(O)CC(O)C1. The van der Waals surface area contributed by atoms with Gasteiger partial charge in [-0.3, -0.25) is 9.80 Å². The molecule has 1 aromatic heterocycles. The first-order chi connectivity index (χ1) is 17.0. The van der Waals surface area contributed by atoms with E-state index in [0.717, 1.165) is 5.69 Å². The number of nitrogens with zero attached hydrogens (tertiary/aromatic N) is 4. The number of urea groups is 1. The van der Waals surface area contributed by atoms with E-state index in [9.17, 15) is 19.4 Å². The molecule has 10 heteroatoms. The van der Waals surface area contributed by atoms with E-state index < -0.39 is 31.1 Å². The largest absolute Gasteiger partial charge is 0.461 e. The zero-order valence-corrected chi connectivity index (χ0v) is 18.9. The van der Waals surface area contributed by atoms with Crippen LogP contribution in [0.5, 0.6) is 5.75 Å². The highest BCUT2D eigenvalue weighted by molar-refractivity contribution is 6.06. The van der Waals surface area contributed by atoms with Crippen LogP contribution >= 0.6 is 0 Å². The number of carbonyl (C=O) groups is 1. The Hall–Kier alpha value is -3.76. The second-order valence-corrected chi connectivity index (χ2v) is 8.66. The van der Waals surface area contributed by atoms with Crippen molar-refractivity contribution in [3.05, 3.63) is 66.4 Å². The van der Waals surface area contributed by atoms with Crippen molar-refractivity contribution in [1.29, 1.82) is 0 Å². The minimum absolute atomic E-state index is 0.154. The Morgan fingerprint density at radius 3 is 2.49 bits per heavy atom. The summed E-state index contributed by atoms with van der Waals surface area (Å²) in [6.45, 7) is -0.876. The van der Waals surface area contributed by atoms with Crippen molar-refractivity contribution in [2.24, 2.45) is 0 Å². The molecule has 3 aromatic rings. The number of aliphatic hydroxyl groups excluding tert-OH is 2. The Labute approximate surface area is 201 Å². The average molecular weight is 480 g/mol. The molecule has 2 unspecified atom stereocenters. The summed E-state index contributed by atoms with van der Waals surface area (Å²) in [6.07, 6.45) is 0.998. The van der Waals surface area contributed by atoms with E-state index in [1.165, 1.54) is 9.80 Å². The first-order valence-electron chi connectivity index (χ1n) is 11.5. The van der Waals surface area contributed by atoms with E-state index in [1.807, 2.05) is 30.3 Å². The van der Waals surface area contributed by atoms with Gasteiger partial charge in [0.2, 0.25) is 12.8 Å². The first-order valence-corrected chi connectivity index (χ1v) is 11.5. The van der Waals surface area contributed by atoms with Crippen LogP contribution in [0, 0.1) is 0 Å². The quantitative estimate of drug-likeness (QED) is 0.494. The van der Waals surface area contributed by atoms with Crippen LogP contribution in [0.15, 0.2) is 60.8 Å². The summed E-state index contributed by atoms with van der Waals surface area (Å²) in [4.78, 5) is 26.0. The summed E-state index contributed by atoms with van der Waals surface area (Å²) in [7, 11) is 0. The Morgan fingerprint density at radius 1 is 1.03 bits per heavy atom. The molecule has 1 aliphatic carbocycles. The molecule has 0 spiro atoms. The summed E-state index contributed by atoms with van der Waals surface area (Å²) in [5.74, 6) is 0.966. The normalized spacial score (nSPS) is 22.0. The lowest BCUT2D eigenvalue weighted by molar-refractivity contribution is 0.0314. The summed E-state index contributed by atoms with van der Waals surface area (Å²) in [5.41, 5.74) is 1.88. The summed E-state index contributed by atoms with van der Waals surface area (Å²) >= 11 is 0. The Balaban J connectivity index is 1.56. The molecular formula is C25H26FN5O4. The molecule has 1 aliphatic heterocycles. The summed E-state index contributed by atoms with van der Waals surface area (Å²) in [5, 5.41) is 23.8. The number of ether oxygens (including phenoxy) is 1. The minimum Gasteiger partial charge on any atom is -0.461 e. The van der Waals surface area contributed by atoms with E-state index >= 15 is 0 Å². The van der Waals surface area contributed by atoms with Crippen LogP contribution in [-0.4, -0.2) is 51.3 Å². The van der Waals surface area contributed by atoms with E-state index in [4.69, 9.17) is 4.74 Å². The van der Waals surface area contributed by atoms with Gasteiger partial charge in [0.15, 0.2) is 0 Å². The van der Waals surface area contributed by atoms with E-state index in [-0.39, 0.29) is 18.7 Å². The number of rotatable bonds is 6. The average Bonchev–Trinajstić information content (AvgIpc) is 2.84. The number of halogens is 1. The van der Waals surface area contributed by atoms with Gasteiger partial charge in [0.25, 0.3) is 0 Å². The predicted octanol–water partition coefficient (Wildman–Crippen LogP) is 3.75. The molecule has 9 nitrogen and oxygen atoms in total. The van der Waals surface area contributed by atoms with Crippen molar-refractivity contribution in [1.82, 2.24) is 9.97 Å². The summed E-state index contributed by atoms with van der Waals surface area (Å²) in [6, 6.07) is 15.3. The second kappa shape index (κ2) is 9.85. The number of anilines is 4. The zero-order valence-electron chi connectivity index (χ0n) is 18.9. The van der Waals surface area contributed by atoms with Crippen molar-refractivity contribution in [2.45, 2.75) is 44.1 Å². The number of alkyl halides is 1. The third-order valence-electron chi connectivity index (χ3n) is 6.23. The molecule has 5 rings (SSSR count). The monoisotopic (exact) mass is 479 g/mol. The van der Waals surface area contributed by atoms with Crippen LogP contribution in [0.4, 0.5) is 32.3 Å². The Bertz CT molecular complexity index is 1190. The van der Waals surface area contributed by atoms with Crippen LogP contribution in [0.25, 0.3) is 0 Å². The number of carbonyl (C=O) groups excluding carboxylic acids is 1. The van der Waals surface area contributed by atoms with E-state index in [2.05, 4.69) is 15.3 Å². The second-order valence-electron chi connectivity index (χ2n) is 8.66. The van der Waals surface area contributed by atoms with Gasteiger partial charge >= 0.3 is 6.03 Å². The lowest BCUT2D eigenvalue weighted by atomic mass is 9.89. The molecule has 2 atom stereocenters. The van der Waals surface area contributed by atoms with Gasteiger partial charge in [-0.25, -0.2) is 14.2 Å². The number of aliphatic hydroxyl groups is 2. The van der Waals surface area contributed by atoms with Crippen molar-refractivity contribution in [3.8, 4) is 5.75 Å². The van der Waals surface area contributed by atoms with Gasteiger partial charge in [0, 0.05) is 23.5 Å². The fourth-order valence-corrected chi connectivity index (χ4v) is 4.71. The first kappa shape index (κ1) is 23.0. The molecule has 0 saturated heterocycles. The van der Waals surface area contributed by atoms with Crippen molar-refractivity contribution in [3.63, 3.8) is 0 Å². The van der Waals surface area contributed by atoms with Gasteiger partial charge in [0.05, 0.1) is 24.4 Å². The van der Waals surface area contributed by atoms with Gasteiger partial charge in [-0.15, -0.1) is 0 Å². The van der Waals surface area contributed by atoms with E-state index in [0.29, 0.717) is 35.9 Å². The van der Waals surface area contributed by atoms with Crippen LogP contribution in [0.2, 0.25) is 0 Å². The molecular weight excluding hydrogens is 453 g/mol. The smallest absolute Gasteiger partial charge is 0.330 e. The number of aromatic nitrogens is 2. The maximum absolute atomic E-state index is 13.9. The number of hydrogen-bond acceptors (Lipinski definition) is 7. The maximum atomic E-state index is 13.9. The number of benzene rings is 2. The molecule has 2 aliphatic rings. The molecule has 182 valence electrons. The van der Waals surface area contributed by atoms with Crippen LogP contribution in [0.3, 0.4) is 0 Å². The van der Waals surface area contributed by atoms with Gasteiger partial charge in [-0.2, -0.15) is 4.98 Å². The zero-order chi connectivity index (χ0) is 24.4. The number of para-hydroxylation sites is 3. The molecule has 2 aromatic carbocycles. The number of fused-ring (bicyclic) bond motifs is 1. The van der Waals surface area contributed by atoms with Crippen molar-refractivity contribution in [2.75, 3.05) is 22.0 Å². The number of amides is 2. The molecule has 0 bridgehead atoms. The third kappa shape index (κ3) is 4.75.